The Morgan fingerprint density at radius 3 is 2.71 bits per heavy atom. The Kier molecular flexibility index (Phi) is 1.49. The fraction of sp³-hybridized carbons (Fsp3) is 0.333. The van der Waals surface area contributed by atoms with E-state index in [1.165, 1.54) is 0 Å². The van der Waals surface area contributed by atoms with Crippen LogP contribution in [0, 0.1) is 4.71 Å². The van der Waals surface area contributed by atoms with Crippen molar-refractivity contribution in [1.29, 1.82) is 0 Å². The lowest BCUT2D eigenvalue weighted by Crippen LogP contribution is -1.96. The second kappa shape index (κ2) is 1.96. The van der Waals surface area contributed by atoms with Gasteiger partial charge in [0.2, 0.25) is 0 Å². The molecule has 0 aliphatic carbocycles. The van der Waals surface area contributed by atoms with Gasteiger partial charge in [0.15, 0.2) is 4.71 Å². The standard InChI is InChI=1S/C3H5N2S2/c1-2-4-5-3(6)7-2/h5-6H,1H3. The molecule has 0 atom stereocenters. The third kappa shape index (κ3) is 1.28. The van der Waals surface area contributed by atoms with E-state index in [1.54, 1.807) is 11.8 Å². The molecule has 4 heteroatoms. The van der Waals surface area contributed by atoms with Crippen LogP contribution in [-0.4, -0.2) is 5.04 Å². The molecule has 0 bridgehead atoms. The Morgan fingerprint density at radius 1 is 1.86 bits per heavy atom. The third-order valence-electron chi connectivity index (χ3n) is 0.553. The smallest absolute Gasteiger partial charge is 0.192 e. The monoisotopic (exact) mass is 133 g/mol. The second-order valence-electron chi connectivity index (χ2n) is 1.15. The van der Waals surface area contributed by atoms with Gasteiger partial charge in [-0.2, -0.15) is 5.10 Å². The van der Waals surface area contributed by atoms with Gasteiger partial charge in [-0.15, -0.1) is 12.6 Å². The summed E-state index contributed by atoms with van der Waals surface area (Å²) < 4.78 is 0.859. The van der Waals surface area contributed by atoms with Crippen LogP contribution in [-0.2, 0) is 0 Å². The number of nitrogens with one attached hydrogen (secondary N) is 1. The van der Waals surface area contributed by atoms with Gasteiger partial charge in [0.05, 0.1) is 5.04 Å². The van der Waals surface area contributed by atoms with E-state index in [4.69, 9.17) is 0 Å². The highest BCUT2D eigenvalue weighted by molar-refractivity contribution is 8.24. The summed E-state index contributed by atoms with van der Waals surface area (Å²) in [6, 6.07) is 0. The van der Waals surface area contributed by atoms with E-state index in [2.05, 4.69) is 23.2 Å². The molecule has 1 radical (unpaired) electrons. The summed E-state index contributed by atoms with van der Waals surface area (Å²) in [7, 11) is 0. The molecule has 1 rings (SSSR count). The first kappa shape index (κ1) is 5.31. The molecule has 7 heavy (non-hydrogen) atoms. The molecule has 0 fully saturated rings. The summed E-state index contributed by atoms with van der Waals surface area (Å²) in [5.41, 5.74) is 2.70. The SMILES string of the molecule is CC1=NN[C](S)S1. The van der Waals surface area contributed by atoms with Gasteiger partial charge in [0.25, 0.3) is 0 Å². The maximum atomic E-state index is 4.01. The number of rotatable bonds is 0. The van der Waals surface area contributed by atoms with Crippen molar-refractivity contribution >= 4 is 29.4 Å². The Bertz CT molecular complexity index is 101. The lowest BCUT2D eigenvalue weighted by atomic mass is 10.9. The van der Waals surface area contributed by atoms with Crippen molar-refractivity contribution in [2.75, 3.05) is 0 Å². The van der Waals surface area contributed by atoms with E-state index in [1.807, 2.05) is 6.92 Å². The molecule has 0 amide bonds. The van der Waals surface area contributed by atoms with E-state index in [-0.39, 0.29) is 0 Å². The summed E-state index contributed by atoms with van der Waals surface area (Å²) in [6.07, 6.45) is 0. The van der Waals surface area contributed by atoms with Crippen molar-refractivity contribution in [2.45, 2.75) is 6.92 Å². The molecule has 0 aromatic carbocycles. The molecular weight excluding hydrogens is 128 g/mol. The molecule has 1 aliphatic rings. The van der Waals surface area contributed by atoms with Crippen LogP contribution in [0.3, 0.4) is 0 Å². The van der Waals surface area contributed by atoms with E-state index in [9.17, 15) is 0 Å². The van der Waals surface area contributed by atoms with Crippen LogP contribution in [0.2, 0.25) is 0 Å². The molecule has 0 aromatic rings. The molecule has 0 saturated carbocycles. The number of nitrogens with zero attached hydrogens (tertiary/aromatic N) is 1. The largest absolute Gasteiger partial charge is 0.279 e. The van der Waals surface area contributed by atoms with Crippen LogP contribution >= 0.6 is 24.4 Å². The summed E-state index contributed by atoms with van der Waals surface area (Å²) in [5.74, 6) is 0. The third-order valence-corrected chi connectivity index (χ3v) is 1.60. The highest BCUT2D eigenvalue weighted by Gasteiger charge is 2.10. The van der Waals surface area contributed by atoms with Gasteiger partial charge in [0.1, 0.15) is 0 Å². The van der Waals surface area contributed by atoms with Crippen molar-refractivity contribution in [3.63, 3.8) is 0 Å². The van der Waals surface area contributed by atoms with Crippen molar-refractivity contribution in [3.8, 4) is 0 Å². The zero-order valence-corrected chi connectivity index (χ0v) is 5.51. The molecular formula is C3H5N2S2. The Morgan fingerprint density at radius 2 is 2.57 bits per heavy atom. The van der Waals surface area contributed by atoms with Crippen molar-refractivity contribution in [2.24, 2.45) is 5.10 Å². The highest BCUT2D eigenvalue weighted by Crippen LogP contribution is 2.25. The average Bonchev–Trinajstić information content (AvgIpc) is 1.87. The summed E-state index contributed by atoms with van der Waals surface area (Å²) in [4.78, 5) is 0. The maximum Gasteiger partial charge on any atom is 0.192 e. The molecule has 0 unspecified atom stereocenters. The summed E-state index contributed by atoms with van der Waals surface area (Å²) in [6.45, 7) is 1.93. The fourth-order valence-electron chi connectivity index (χ4n) is 0.312. The number of hydrazone groups is 1. The van der Waals surface area contributed by atoms with Crippen LogP contribution in [0.15, 0.2) is 5.10 Å². The van der Waals surface area contributed by atoms with Gasteiger partial charge in [-0.25, -0.2) is 0 Å². The first-order chi connectivity index (χ1) is 3.29. The zero-order valence-electron chi connectivity index (χ0n) is 3.80. The predicted octanol–water partition coefficient (Wildman–Crippen LogP) is 1.03. The molecule has 2 nitrogen and oxygen atoms in total. The Balaban J connectivity index is 2.42. The topological polar surface area (TPSA) is 24.4 Å². The summed E-state index contributed by atoms with van der Waals surface area (Å²) in [5, 5.41) is 4.85. The lowest BCUT2D eigenvalue weighted by Gasteiger charge is -1.91. The molecule has 1 heterocycles. The molecule has 1 N–H and O–H groups in total. The summed E-state index contributed by atoms with van der Waals surface area (Å²) >= 11 is 5.55. The molecule has 0 saturated heterocycles. The van der Waals surface area contributed by atoms with Gasteiger partial charge in [-0.3, -0.25) is 5.43 Å². The Labute approximate surface area is 52.2 Å². The van der Waals surface area contributed by atoms with Crippen LogP contribution in [0.5, 0.6) is 0 Å². The minimum absolute atomic E-state index is 0.859. The number of thiol groups is 1. The van der Waals surface area contributed by atoms with Gasteiger partial charge in [0, 0.05) is 0 Å². The van der Waals surface area contributed by atoms with E-state index in [0.29, 0.717) is 0 Å². The Hall–Kier alpha value is 0.170. The van der Waals surface area contributed by atoms with Gasteiger partial charge < -0.3 is 0 Å². The van der Waals surface area contributed by atoms with Gasteiger partial charge in [-0.05, 0) is 6.92 Å². The molecule has 0 aromatic heterocycles. The lowest BCUT2D eigenvalue weighted by molar-refractivity contribution is 0.944. The minimum atomic E-state index is 0.859. The first-order valence-electron chi connectivity index (χ1n) is 1.83. The second-order valence-corrected chi connectivity index (χ2v) is 3.10. The van der Waals surface area contributed by atoms with Gasteiger partial charge >= 0.3 is 0 Å². The van der Waals surface area contributed by atoms with Crippen LogP contribution in [0.1, 0.15) is 6.92 Å². The minimum Gasteiger partial charge on any atom is -0.279 e. The fourth-order valence-corrected chi connectivity index (χ4v) is 1.22. The van der Waals surface area contributed by atoms with Gasteiger partial charge in [-0.1, -0.05) is 11.8 Å². The molecule has 39 valence electrons. The number of thioether (sulfide) groups is 1. The maximum absolute atomic E-state index is 4.01. The predicted molar refractivity (Wildman–Crippen MR) is 36.1 cm³/mol. The number of hydrogen-bond acceptors (Lipinski definition) is 4. The van der Waals surface area contributed by atoms with Crippen molar-refractivity contribution in [1.82, 2.24) is 5.43 Å². The van der Waals surface area contributed by atoms with E-state index < -0.39 is 0 Å². The van der Waals surface area contributed by atoms with Crippen LogP contribution in [0.4, 0.5) is 0 Å². The van der Waals surface area contributed by atoms with E-state index in [0.717, 1.165) is 9.75 Å². The molecule has 1 aliphatic heterocycles. The first-order valence-corrected chi connectivity index (χ1v) is 3.09. The quantitative estimate of drug-likeness (QED) is 0.482. The van der Waals surface area contributed by atoms with Crippen LogP contribution < -0.4 is 5.43 Å². The average molecular weight is 133 g/mol. The normalized spacial score (nSPS) is 21.7. The van der Waals surface area contributed by atoms with Crippen molar-refractivity contribution in [3.05, 3.63) is 4.71 Å². The van der Waals surface area contributed by atoms with Crippen LogP contribution in [0.25, 0.3) is 0 Å². The van der Waals surface area contributed by atoms with Crippen molar-refractivity contribution < 1.29 is 0 Å². The zero-order chi connectivity index (χ0) is 5.28. The molecule has 0 spiro atoms. The van der Waals surface area contributed by atoms with E-state index >= 15 is 0 Å². The number of hydrogen-bond donors (Lipinski definition) is 2. The highest BCUT2D eigenvalue weighted by atomic mass is 32.2.